The number of ether oxygens (including phenoxy) is 1. The summed E-state index contributed by atoms with van der Waals surface area (Å²) in [7, 11) is 0. The number of hydrogen-bond donors (Lipinski definition) is 1. The fourth-order valence-electron chi connectivity index (χ4n) is 2.34. The molecular formula is C16H15BrClN3O. The molecule has 2 aromatic rings. The Morgan fingerprint density at radius 1 is 1.32 bits per heavy atom. The molecule has 1 atom stereocenters. The third-order valence-electron chi connectivity index (χ3n) is 3.39. The van der Waals surface area contributed by atoms with Gasteiger partial charge < -0.3 is 10.1 Å². The van der Waals surface area contributed by atoms with Crippen molar-refractivity contribution in [2.24, 2.45) is 4.99 Å². The first-order chi connectivity index (χ1) is 10.7. The summed E-state index contributed by atoms with van der Waals surface area (Å²) in [5, 5.41) is 4.07. The predicted octanol–water partition coefficient (Wildman–Crippen LogP) is 3.76. The van der Waals surface area contributed by atoms with Crippen LogP contribution in [0.1, 0.15) is 17.2 Å². The van der Waals surface area contributed by atoms with E-state index in [-0.39, 0.29) is 6.04 Å². The fourth-order valence-corrected chi connectivity index (χ4v) is 2.95. The number of nitrogens with zero attached hydrogens (tertiary/aromatic N) is 2. The van der Waals surface area contributed by atoms with E-state index in [4.69, 9.17) is 16.3 Å². The molecule has 4 nitrogen and oxygen atoms in total. The maximum Gasteiger partial charge on any atom is 0.285 e. The van der Waals surface area contributed by atoms with Crippen LogP contribution in [0.5, 0.6) is 0 Å². The highest BCUT2D eigenvalue weighted by Gasteiger charge is 2.18. The molecule has 0 amide bonds. The normalized spacial score (nSPS) is 15.1. The van der Waals surface area contributed by atoms with Gasteiger partial charge in [0.2, 0.25) is 0 Å². The van der Waals surface area contributed by atoms with Gasteiger partial charge in [0.1, 0.15) is 11.2 Å². The number of hydrogen-bond acceptors (Lipinski definition) is 4. The first-order valence-electron chi connectivity index (χ1n) is 7.01. The maximum absolute atomic E-state index is 6.13. The van der Waals surface area contributed by atoms with Crippen molar-refractivity contribution in [1.82, 2.24) is 10.3 Å². The van der Waals surface area contributed by atoms with Gasteiger partial charge in [-0.15, -0.1) is 0 Å². The summed E-state index contributed by atoms with van der Waals surface area (Å²) in [6, 6.07) is 12.4. The Morgan fingerprint density at radius 2 is 2.23 bits per heavy atom. The molecule has 0 aliphatic carbocycles. The molecule has 1 unspecified atom stereocenters. The third kappa shape index (κ3) is 3.78. The fraction of sp³-hybridized carbons (Fsp3) is 0.250. The van der Waals surface area contributed by atoms with Crippen LogP contribution in [-0.4, -0.2) is 24.2 Å². The standard InChI is InChI=1S/C16H15BrClN3O/c17-15-12(4-2-6-19-15)10-14(21-16-20-7-8-22-16)11-3-1-5-13(18)9-11/h1-6,9,14H,7-8,10H2,(H,20,21). The maximum atomic E-state index is 6.13. The second-order valence-electron chi connectivity index (χ2n) is 4.94. The number of nitrogens with one attached hydrogen (secondary N) is 1. The van der Waals surface area contributed by atoms with Crippen molar-refractivity contribution in [3.8, 4) is 0 Å². The van der Waals surface area contributed by atoms with Gasteiger partial charge in [-0.05, 0) is 51.7 Å². The molecular weight excluding hydrogens is 366 g/mol. The van der Waals surface area contributed by atoms with E-state index in [0.29, 0.717) is 24.2 Å². The van der Waals surface area contributed by atoms with Gasteiger partial charge in [0, 0.05) is 11.2 Å². The molecule has 0 fully saturated rings. The Bertz CT molecular complexity index is 693. The average Bonchev–Trinajstić information content (AvgIpc) is 3.02. The smallest absolute Gasteiger partial charge is 0.285 e. The molecule has 0 spiro atoms. The van der Waals surface area contributed by atoms with Crippen LogP contribution in [0.4, 0.5) is 0 Å². The average molecular weight is 381 g/mol. The Balaban J connectivity index is 1.87. The van der Waals surface area contributed by atoms with Gasteiger partial charge in [-0.2, -0.15) is 0 Å². The van der Waals surface area contributed by atoms with E-state index in [9.17, 15) is 0 Å². The zero-order chi connectivity index (χ0) is 15.4. The molecule has 1 N–H and O–H groups in total. The van der Waals surface area contributed by atoms with Crippen LogP contribution in [0.2, 0.25) is 5.02 Å². The minimum Gasteiger partial charge on any atom is -0.463 e. The lowest BCUT2D eigenvalue weighted by molar-refractivity contribution is 0.325. The molecule has 1 aliphatic heterocycles. The third-order valence-corrected chi connectivity index (χ3v) is 4.34. The zero-order valence-electron chi connectivity index (χ0n) is 11.8. The van der Waals surface area contributed by atoms with Crippen molar-refractivity contribution < 1.29 is 4.74 Å². The Kier molecular flexibility index (Phi) is 4.95. The minimum absolute atomic E-state index is 0.0102. The van der Waals surface area contributed by atoms with Crippen molar-refractivity contribution in [2.45, 2.75) is 12.5 Å². The highest BCUT2D eigenvalue weighted by molar-refractivity contribution is 9.10. The lowest BCUT2D eigenvalue weighted by Gasteiger charge is -2.20. The number of aromatic nitrogens is 1. The van der Waals surface area contributed by atoms with Crippen LogP contribution in [-0.2, 0) is 11.2 Å². The van der Waals surface area contributed by atoms with E-state index in [1.807, 2.05) is 36.4 Å². The lowest BCUT2D eigenvalue weighted by atomic mass is 10.00. The monoisotopic (exact) mass is 379 g/mol. The Morgan fingerprint density at radius 3 is 2.95 bits per heavy atom. The molecule has 3 rings (SSSR count). The second kappa shape index (κ2) is 7.11. The molecule has 0 radical (unpaired) electrons. The number of benzene rings is 1. The summed E-state index contributed by atoms with van der Waals surface area (Å²) < 4.78 is 6.33. The summed E-state index contributed by atoms with van der Waals surface area (Å²) in [6.07, 6.45) is 2.51. The zero-order valence-corrected chi connectivity index (χ0v) is 14.1. The number of aliphatic imine (C=N–C) groups is 1. The molecule has 0 saturated heterocycles. The van der Waals surface area contributed by atoms with Crippen molar-refractivity contribution in [2.75, 3.05) is 13.2 Å². The molecule has 1 aromatic carbocycles. The van der Waals surface area contributed by atoms with Gasteiger partial charge in [0.05, 0.1) is 12.6 Å². The van der Waals surface area contributed by atoms with E-state index in [2.05, 4.69) is 31.2 Å². The van der Waals surface area contributed by atoms with Crippen LogP contribution in [0.15, 0.2) is 52.2 Å². The van der Waals surface area contributed by atoms with Crippen molar-refractivity contribution >= 4 is 33.6 Å². The minimum atomic E-state index is 0.0102. The molecule has 1 aromatic heterocycles. The van der Waals surface area contributed by atoms with E-state index < -0.39 is 0 Å². The van der Waals surface area contributed by atoms with Crippen LogP contribution in [0.3, 0.4) is 0 Å². The van der Waals surface area contributed by atoms with Gasteiger partial charge in [0.25, 0.3) is 6.02 Å². The summed E-state index contributed by atoms with van der Waals surface area (Å²) in [5.41, 5.74) is 2.19. The number of rotatable bonds is 4. The van der Waals surface area contributed by atoms with Crippen LogP contribution in [0.25, 0.3) is 0 Å². The highest BCUT2D eigenvalue weighted by atomic mass is 79.9. The van der Waals surface area contributed by atoms with Crippen molar-refractivity contribution in [1.29, 1.82) is 0 Å². The van der Waals surface area contributed by atoms with Gasteiger partial charge in [-0.3, -0.25) is 0 Å². The quantitative estimate of drug-likeness (QED) is 0.822. The first-order valence-corrected chi connectivity index (χ1v) is 8.18. The number of amidine groups is 1. The number of pyridine rings is 1. The van der Waals surface area contributed by atoms with Gasteiger partial charge in [-0.25, -0.2) is 9.98 Å². The molecule has 0 bridgehead atoms. The van der Waals surface area contributed by atoms with Gasteiger partial charge in [-0.1, -0.05) is 29.8 Å². The first kappa shape index (κ1) is 15.3. The van der Waals surface area contributed by atoms with Gasteiger partial charge in [0.15, 0.2) is 0 Å². The van der Waals surface area contributed by atoms with Gasteiger partial charge >= 0.3 is 0 Å². The molecule has 22 heavy (non-hydrogen) atoms. The van der Waals surface area contributed by atoms with E-state index in [0.717, 1.165) is 22.2 Å². The second-order valence-corrected chi connectivity index (χ2v) is 6.13. The summed E-state index contributed by atoms with van der Waals surface area (Å²) in [5.74, 6) is 0. The van der Waals surface area contributed by atoms with E-state index >= 15 is 0 Å². The molecule has 1 aliphatic rings. The summed E-state index contributed by atoms with van der Waals surface area (Å²) in [6.45, 7) is 1.32. The molecule has 0 saturated carbocycles. The van der Waals surface area contributed by atoms with Crippen LogP contribution < -0.4 is 5.32 Å². The Labute approximate surface area is 142 Å². The van der Waals surface area contributed by atoms with Crippen molar-refractivity contribution in [3.63, 3.8) is 0 Å². The SMILES string of the molecule is Clc1cccc(C(Cc2cccnc2Br)NC2=NCCO2)c1. The predicted molar refractivity (Wildman–Crippen MR) is 91.2 cm³/mol. The lowest BCUT2D eigenvalue weighted by Crippen LogP contribution is -2.30. The topological polar surface area (TPSA) is 46.5 Å². The highest BCUT2D eigenvalue weighted by Crippen LogP contribution is 2.24. The largest absolute Gasteiger partial charge is 0.463 e. The number of halogens is 2. The van der Waals surface area contributed by atoms with E-state index in [1.54, 1.807) is 6.20 Å². The summed E-state index contributed by atoms with van der Waals surface area (Å²) >= 11 is 9.63. The molecule has 2 heterocycles. The molecule has 114 valence electrons. The van der Waals surface area contributed by atoms with Crippen molar-refractivity contribution in [3.05, 3.63) is 63.3 Å². The Hall–Kier alpha value is -1.59. The van der Waals surface area contributed by atoms with E-state index in [1.165, 1.54) is 0 Å². The van der Waals surface area contributed by atoms with Crippen LogP contribution >= 0.6 is 27.5 Å². The molecule has 6 heteroatoms. The van der Waals surface area contributed by atoms with Crippen LogP contribution in [0, 0.1) is 0 Å². The summed E-state index contributed by atoms with van der Waals surface area (Å²) in [4.78, 5) is 8.59.